The Morgan fingerprint density at radius 1 is 1.25 bits per heavy atom. The van der Waals surface area contributed by atoms with Gasteiger partial charge in [0.25, 0.3) is 5.91 Å². The molecule has 176 valence electrons. The van der Waals surface area contributed by atoms with Gasteiger partial charge in [0.15, 0.2) is 27.5 Å². The molecule has 1 amide bonds. The molecule has 0 spiro atoms. The van der Waals surface area contributed by atoms with Gasteiger partial charge in [0.05, 0.1) is 5.75 Å². The molecule has 1 aromatic carbocycles. The van der Waals surface area contributed by atoms with Gasteiger partial charge in [-0.05, 0) is 25.5 Å². The Labute approximate surface area is 182 Å². The lowest BCUT2D eigenvalue weighted by Crippen LogP contribution is -2.35. The zero-order chi connectivity index (χ0) is 24.4. The van der Waals surface area contributed by atoms with Crippen molar-refractivity contribution in [2.75, 3.05) is 12.8 Å². The highest BCUT2D eigenvalue weighted by molar-refractivity contribution is 7.91. The Morgan fingerprint density at radius 2 is 1.88 bits per heavy atom. The molecule has 1 atom stereocenters. The summed E-state index contributed by atoms with van der Waals surface area (Å²) in [5.74, 6) is -5.49. The first-order valence-corrected chi connectivity index (χ1v) is 11.3. The van der Waals surface area contributed by atoms with E-state index < -0.39 is 78.4 Å². The van der Waals surface area contributed by atoms with Crippen molar-refractivity contribution in [3.63, 3.8) is 0 Å². The number of amides is 1. The van der Waals surface area contributed by atoms with Crippen LogP contribution in [0.1, 0.15) is 49.0 Å². The molecule has 0 saturated carbocycles. The van der Waals surface area contributed by atoms with Gasteiger partial charge in [-0.1, -0.05) is 6.92 Å². The average molecular weight is 477 g/mol. The minimum Gasteiger partial charge on any atom is -0.511 e. The van der Waals surface area contributed by atoms with Gasteiger partial charge in [-0.3, -0.25) is 14.4 Å². The Kier molecular flexibility index (Phi) is 7.38. The number of aliphatic hydroxyl groups is 1. The molecule has 8 nitrogen and oxygen atoms in total. The summed E-state index contributed by atoms with van der Waals surface area (Å²) in [7, 11) is -3.07. The molecular formula is C20H22F3NO7S. The van der Waals surface area contributed by atoms with E-state index in [0.717, 1.165) is 13.0 Å². The first kappa shape index (κ1) is 25.4. The number of ketones is 2. The summed E-state index contributed by atoms with van der Waals surface area (Å²) >= 11 is 0. The second-order valence-corrected chi connectivity index (χ2v) is 9.27. The molecule has 0 aliphatic heterocycles. The number of likely N-dealkylation sites (N-methyl/N-ethyl adjacent to an activating group) is 1. The van der Waals surface area contributed by atoms with Crippen LogP contribution in [0.15, 0.2) is 28.4 Å². The van der Waals surface area contributed by atoms with Crippen LogP contribution >= 0.6 is 0 Å². The fourth-order valence-electron chi connectivity index (χ4n) is 3.20. The van der Waals surface area contributed by atoms with Crippen molar-refractivity contribution in [2.24, 2.45) is 0 Å². The number of aliphatic hydroxyl groups excluding tert-OH is 1. The van der Waals surface area contributed by atoms with Crippen molar-refractivity contribution in [2.45, 2.75) is 50.3 Å². The highest BCUT2D eigenvalue weighted by Gasteiger charge is 2.44. The molecule has 0 bridgehead atoms. The van der Waals surface area contributed by atoms with Crippen LogP contribution in [0.5, 0.6) is 5.75 Å². The van der Waals surface area contributed by atoms with Gasteiger partial charge in [-0.2, -0.15) is 13.2 Å². The number of alkyl halides is 3. The SMILES string of the molecule is CCS(=O)(=O)c1ccc(C(=O)C2=C(O)CCCC2=O)c(C(F)(F)F)c1OC(C)C(=O)NC. The highest BCUT2D eigenvalue weighted by Crippen LogP contribution is 2.44. The largest absolute Gasteiger partial charge is 0.511 e. The van der Waals surface area contributed by atoms with Crippen molar-refractivity contribution in [3.05, 3.63) is 34.6 Å². The molecule has 2 N–H and O–H groups in total. The van der Waals surface area contributed by atoms with Gasteiger partial charge in [-0.15, -0.1) is 0 Å². The Balaban J connectivity index is 2.88. The van der Waals surface area contributed by atoms with Crippen LogP contribution in [0.4, 0.5) is 13.2 Å². The fourth-order valence-corrected chi connectivity index (χ4v) is 4.22. The van der Waals surface area contributed by atoms with Crippen molar-refractivity contribution >= 4 is 27.3 Å². The minimum atomic E-state index is -5.30. The number of benzene rings is 1. The highest BCUT2D eigenvalue weighted by atomic mass is 32.2. The standard InChI is InChI=1S/C20H22F3NO7S/c1-4-32(29,30)14-9-8-11(17(27)15-12(25)6-5-7-13(15)26)16(20(21,22)23)18(14)31-10(2)19(28)24-3/h8-10,25H,4-7H2,1-3H3,(H,24,28). The molecule has 0 radical (unpaired) electrons. The Hall–Kier alpha value is -2.89. The van der Waals surface area contributed by atoms with Crippen LogP contribution in [0.2, 0.25) is 0 Å². The van der Waals surface area contributed by atoms with Crippen LogP contribution in [0.3, 0.4) is 0 Å². The second kappa shape index (κ2) is 9.31. The number of carbonyl (C=O) groups excluding carboxylic acids is 3. The van der Waals surface area contributed by atoms with E-state index in [-0.39, 0.29) is 19.3 Å². The van der Waals surface area contributed by atoms with E-state index in [0.29, 0.717) is 6.07 Å². The van der Waals surface area contributed by atoms with E-state index in [2.05, 4.69) is 5.32 Å². The lowest BCUT2D eigenvalue weighted by Gasteiger charge is -2.23. The number of Topliss-reactive ketones (excluding diaryl/α,β-unsaturated/α-hetero) is 2. The second-order valence-electron chi connectivity index (χ2n) is 7.02. The average Bonchev–Trinajstić information content (AvgIpc) is 2.71. The normalized spacial score (nSPS) is 16.0. The third-order valence-corrected chi connectivity index (χ3v) is 6.64. The molecular weight excluding hydrogens is 455 g/mol. The number of hydrogen-bond acceptors (Lipinski definition) is 7. The van der Waals surface area contributed by atoms with Crippen LogP contribution in [-0.4, -0.2) is 49.9 Å². The smallest absolute Gasteiger partial charge is 0.420 e. The van der Waals surface area contributed by atoms with Crippen molar-refractivity contribution in [3.8, 4) is 5.75 Å². The van der Waals surface area contributed by atoms with Gasteiger partial charge in [0, 0.05) is 25.5 Å². The summed E-state index contributed by atoms with van der Waals surface area (Å²) in [6.07, 6.45) is -6.80. The van der Waals surface area contributed by atoms with Crippen molar-refractivity contribution < 1.29 is 45.8 Å². The number of nitrogens with one attached hydrogen (secondary N) is 1. The monoisotopic (exact) mass is 477 g/mol. The third-order valence-electron chi connectivity index (χ3n) is 4.89. The zero-order valence-corrected chi connectivity index (χ0v) is 18.3. The number of halogens is 3. The van der Waals surface area contributed by atoms with Gasteiger partial charge in [-0.25, -0.2) is 8.42 Å². The number of allylic oxidation sites excluding steroid dienone is 2. The van der Waals surface area contributed by atoms with Gasteiger partial charge in [0.1, 0.15) is 21.8 Å². The topological polar surface area (TPSA) is 127 Å². The minimum absolute atomic E-state index is 0.0620. The third kappa shape index (κ3) is 4.95. The first-order valence-electron chi connectivity index (χ1n) is 9.61. The summed E-state index contributed by atoms with van der Waals surface area (Å²) < 4.78 is 72.5. The van der Waals surface area contributed by atoms with E-state index in [1.807, 2.05) is 0 Å². The van der Waals surface area contributed by atoms with E-state index >= 15 is 0 Å². The molecule has 0 heterocycles. The molecule has 1 aromatic rings. The van der Waals surface area contributed by atoms with Crippen LogP contribution < -0.4 is 10.1 Å². The maximum atomic E-state index is 14.1. The van der Waals surface area contributed by atoms with E-state index in [1.165, 1.54) is 14.0 Å². The predicted octanol–water partition coefficient (Wildman–Crippen LogP) is 2.76. The summed E-state index contributed by atoms with van der Waals surface area (Å²) in [4.78, 5) is 36.1. The maximum Gasteiger partial charge on any atom is 0.420 e. The molecule has 1 unspecified atom stereocenters. The van der Waals surface area contributed by atoms with Gasteiger partial charge in [0.2, 0.25) is 5.78 Å². The molecule has 1 aliphatic carbocycles. The summed E-state index contributed by atoms with van der Waals surface area (Å²) in [6, 6.07) is 1.39. The number of hydrogen-bond donors (Lipinski definition) is 2. The maximum absolute atomic E-state index is 14.1. The lowest BCUT2D eigenvalue weighted by atomic mass is 9.88. The Morgan fingerprint density at radius 3 is 2.38 bits per heavy atom. The number of sulfone groups is 1. The molecule has 0 aromatic heterocycles. The molecule has 0 fully saturated rings. The fraction of sp³-hybridized carbons (Fsp3) is 0.450. The molecule has 0 saturated heterocycles. The zero-order valence-electron chi connectivity index (χ0n) is 17.5. The van der Waals surface area contributed by atoms with Gasteiger partial charge >= 0.3 is 6.18 Å². The van der Waals surface area contributed by atoms with Crippen LogP contribution in [0.25, 0.3) is 0 Å². The summed E-state index contributed by atoms with van der Waals surface area (Å²) in [6.45, 7) is 2.31. The van der Waals surface area contributed by atoms with Crippen molar-refractivity contribution in [1.82, 2.24) is 5.32 Å². The van der Waals surface area contributed by atoms with Crippen molar-refractivity contribution in [1.29, 1.82) is 0 Å². The summed E-state index contributed by atoms with van der Waals surface area (Å²) in [5.41, 5.74) is -3.59. The molecule has 12 heteroatoms. The number of carbonyl (C=O) groups is 3. The van der Waals surface area contributed by atoms with Crippen LogP contribution in [0, 0.1) is 0 Å². The summed E-state index contributed by atoms with van der Waals surface area (Å²) in [5, 5.41) is 12.2. The van der Waals surface area contributed by atoms with E-state index in [9.17, 15) is 41.1 Å². The van der Waals surface area contributed by atoms with Crippen LogP contribution in [-0.2, 0) is 25.6 Å². The predicted molar refractivity (Wildman–Crippen MR) is 106 cm³/mol. The molecule has 2 rings (SSSR count). The van der Waals surface area contributed by atoms with E-state index in [4.69, 9.17) is 4.74 Å². The van der Waals surface area contributed by atoms with E-state index in [1.54, 1.807) is 0 Å². The number of rotatable bonds is 7. The lowest BCUT2D eigenvalue weighted by molar-refractivity contribution is -0.141. The quantitative estimate of drug-likeness (QED) is 0.457. The Bertz CT molecular complexity index is 1090. The first-order chi connectivity index (χ1) is 14.8. The van der Waals surface area contributed by atoms with Gasteiger partial charge < -0.3 is 15.2 Å². The molecule has 1 aliphatic rings. The number of ether oxygens (including phenoxy) is 1. The molecule has 32 heavy (non-hydrogen) atoms.